The van der Waals surface area contributed by atoms with E-state index in [1.165, 1.54) is 11.8 Å². The Morgan fingerprint density at radius 3 is 2.96 bits per heavy atom. The molecule has 3 rings (SSSR count). The molecular weight excluding hydrogens is 420 g/mol. The second-order valence-electron chi connectivity index (χ2n) is 4.95. The molecule has 0 aliphatic rings. The van der Waals surface area contributed by atoms with Crippen LogP contribution in [0, 0.1) is 11.3 Å². The van der Waals surface area contributed by atoms with E-state index in [1.807, 2.05) is 31.2 Å². The number of phenols is 1. The van der Waals surface area contributed by atoms with E-state index in [1.54, 1.807) is 29.5 Å². The first-order valence-corrected chi connectivity index (χ1v) is 9.84. The van der Waals surface area contributed by atoms with Gasteiger partial charge in [0, 0.05) is 0 Å². The zero-order valence-corrected chi connectivity index (χ0v) is 16.4. The van der Waals surface area contributed by atoms with Crippen LogP contribution in [0.25, 0.3) is 16.3 Å². The van der Waals surface area contributed by atoms with Gasteiger partial charge in [-0.15, -0.1) is 11.3 Å². The van der Waals surface area contributed by atoms with Gasteiger partial charge in [0.05, 0.1) is 26.2 Å². The fraction of sp³-hybridized carbons (Fsp3) is 0.111. The van der Waals surface area contributed by atoms with E-state index in [-0.39, 0.29) is 5.75 Å². The molecule has 0 amide bonds. The maximum atomic E-state index is 9.99. The Hall–Kier alpha value is -2.01. The van der Waals surface area contributed by atoms with E-state index in [0.717, 1.165) is 20.1 Å². The number of nitriles is 1. The second kappa shape index (κ2) is 7.91. The molecule has 126 valence electrons. The number of allylic oxidation sites excluding steroid dienone is 1. The molecule has 1 N–H and O–H groups in total. The molecule has 0 aliphatic heterocycles. The number of phenolic OH excluding ortho intramolecular Hbond substituents is 1. The lowest BCUT2D eigenvalue weighted by molar-refractivity contribution is 0.317. The standard InChI is InChI=1S/C18H13BrN2O2S2/c1-2-23-15-9-11(8-13(19)17(15)22)7-12(10-20)24-18-21-14-5-3-4-6-16(14)25-18/h3-9,22H,2H2,1H3/b12-7+. The Morgan fingerprint density at radius 2 is 2.24 bits per heavy atom. The minimum atomic E-state index is 0.0522. The minimum Gasteiger partial charge on any atom is -0.503 e. The second-order valence-corrected chi connectivity index (χ2v) is 8.13. The maximum Gasteiger partial charge on any atom is 0.172 e. The van der Waals surface area contributed by atoms with E-state index >= 15 is 0 Å². The van der Waals surface area contributed by atoms with Crippen LogP contribution in [-0.2, 0) is 0 Å². The van der Waals surface area contributed by atoms with Crippen LogP contribution >= 0.6 is 39.0 Å². The van der Waals surface area contributed by atoms with Gasteiger partial charge in [-0.1, -0.05) is 12.1 Å². The van der Waals surface area contributed by atoms with Gasteiger partial charge in [0.15, 0.2) is 15.8 Å². The molecule has 0 fully saturated rings. The first kappa shape index (κ1) is 17.8. The molecule has 0 bridgehead atoms. The number of thiazole rings is 1. The van der Waals surface area contributed by atoms with Crippen molar-refractivity contribution in [2.24, 2.45) is 0 Å². The number of hydrogen-bond acceptors (Lipinski definition) is 6. The number of para-hydroxylation sites is 1. The summed E-state index contributed by atoms with van der Waals surface area (Å²) in [6.07, 6.45) is 1.75. The Kier molecular flexibility index (Phi) is 5.63. The summed E-state index contributed by atoms with van der Waals surface area (Å²) in [7, 11) is 0. The van der Waals surface area contributed by atoms with Gasteiger partial charge in [-0.05, 0) is 70.5 Å². The molecule has 2 aromatic carbocycles. The van der Waals surface area contributed by atoms with E-state index in [0.29, 0.717) is 21.7 Å². The molecule has 7 heteroatoms. The normalized spacial score (nSPS) is 11.5. The van der Waals surface area contributed by atoms with Crippen molar-refractivity contribution in [3.8, 4) is 17.6 Å². The number of benzene rings is 2. The van der Waals surface area contributed by atoms with Gasteiger partial charge < -0.3 is 9.84 Å². The SMILES string of the molecule is CCOc1cc(/C=C(\C#N)Sc2nc3ccccc3s2)cc(Br)c1O. The highest BCUT2D eigenvalue weighted by molar-refractivity contribution is 9.10. The highest BCUT2D eigenvalue weighted by atomic mass is 79.9. The summed E-state index contributed by atoms with van der Waals surface area (Å²) >= 11 is 6.19. The van der Waals surface area contributed by atoms with Gasteiger partial charge in [0.2, 0.25) is 0 Å². The van der Waals surface area contributed by atoms with Crippen molar-refractivity contribution >= 4 is 55.3 Å². The molecule has 1 heterocycles. The minimum absolute atomic E-state index is 0.0522. The van der Waals surface area contributed by atoms with Gasteiger partial charge in [0.25, 0.3) is 0 Å². The highest BCUT2D eigenvalue weighted by Crippen LogP contribution is 2.38. The van der Waals surface area contributed by atoms with E-state index in [4.69, 9.17) is 4.74 Å². The van der Waals surface area contributed by atoms with Crippen molar-refractivity contribution in [2.75, 3.05) is 6.61 Å². The van der Waals surface area contributed by atoms with Crippen LogP contribution in [0.15, 0.2) is 50.1 Å². The molecule has 0 aliphatic carbocycles. The number of rotatable bonds is 5. The average Bonchev–Trinajstić information content (AvgIpc) is 3.01. The number of aromatic nitrogens is 1. The van der Waals surface area contributed by atoms with Crippen molar-refractivity contribution in [2.45, 2.75) is 11.3 Å². The van der Waals surface area contributed by atoms with Crippen molar-refractivity contribution in [3.05, 3.63) is 51.3 Å². The molecule has 0 saturated carbocycles. The number of nitrogens with zero attached hydrogens (tertiary/aromatic N) is 2. The quantitative estimate of drug-likeness (QED) is 0.406. The van der Waals surface area contributed by atoms with Gasteiger partial charge in [-0.2, -0.15) is 5.26 Å². The lowest BCUT2D eigenvalue weighted by Crippen LogP contribution is -1.93. The molecule has 0 unspecified atom stereocenters. The first-order valence-electron chi connectivity index (χ1n) is 7.41. The third kappa shape index (κ3) is 4.15. The largest absolute Gasteiger partial charge is 0.503 e. The summed E-state index contributed by atoms with van der Waals surface area (Å²) in [6, 6.07) is 13.5. The summed E-state index contributed by atoms with van der Waals surface area (Å²) in [5.74, 6) is 0.432. The Balaban J connectivity index is 1.91. The molecular formula is C18H13BrN2O2S2. The van der Waals surface area contributed by atoms with Crippen molar-refractivity contribution < 1.29 is 9.84 Å². The molecule has 1 aromatic heterocycles. The Bertz CT molecular complexity index is 959. The lowest BCUT2D eigenvalue weighted by Gasteiger charge is -2.08. The third-order valence-electron chi connectivity index (χ3n) is 3.23. The fourth-order valence-corrected chi connectivity index (χ4v) is 4.60. The summed E-state index contributed by atoms with van der Waals surface area (Å²) in [5, 5.41) is 19.5. The van der Waals surface area contributed by atoms with Crippen molar-refractivity contribution in [1.82, 2.24) is 4.98 Å². The van der Waals surface area contributed by atoms with E-state index in [2.05, 4.69) is 27.0 Å². The molecule has 4 nitrogen and oxygen atoms in total. The Labute approximate surface area is 161 Å². The number of thioether (sulfide) groups is 1. The number of fused-ring (bicyclic) bond motifs is 1. The predicted octanol–water partition coefficient (Wildman–Crippen LogP) is 5.82. The first-order chi connectivity index (χ1) is 12.1. The number of aromatic hydroxyl groups is 1. The topological polar surface area (TPSA) is 66.1 Å². The molecule has 0 atom stereocenters. The third-order valence-corrected chi connectivity index (χ3v) is 5.86. The van der Waals surface area contributed by atoms with Crippen LogP contribution in [0.5, 0.6) is 11.5 Å². The van der Waals surface area contributed by atoms with Crippen molar-refractivity contribution in [1.29, 1.82) is 5.26 Å². The monoisotopic (exact) mass is 432 g/mol. The van der Waals surface area contributed by atoms with Crippen LogP contribution < -0.4 is 4.74 Å². The number of hydrogen-bond donors (Lipinski definition) is 1. The van der Waals surface area contributed by atoms with Gasteiger partial charge in [-0.3, -0.25) is 0 Å². The van der Waals surface area contributed by atoms with Crippen molar-refractivity contribution in [3.63, 3.8) is 0 Å². The smallest absolute Gasteiger partial charge is 0.172 e. The molecule has 0 spiro atoms. The van der Waals surface area contributed by atoms with Gasteiger partial charge in [-0.25, -0.2) is 4.98 Å². The molecule has 3 aromatic rings. The zero-order chi connectivity index (χ0) is 17.8. The molecule has 25 heavy (non-hydrogen) atoms. The summed E-state index contributed by atoms with van der Waals surface area (Å²) < 4.78 is 7.85. The van der Waals surface area contributed by atoms with Crippen LogP contribution in [0.2, 0.25) is 0 Å². The predicted molar refractivity (Wildman–Crippen MR) is 106 cm³/mol. The molecule has 0 radical (unpaired) electrons. The summed E-state index contributed by atoms with van der Waals surface area (Å²) in [5.41, 5.74) is 1.69. The van der Waals surface area contributed by atoms with Crippen LogP contribution in [0.1, 0.15) is 12.5 Å². The highest BCUT2D eigenvalue weighted by Gasteiger charge is 2.11. The van der Waals surface area contributed by atoms with E-state index < -0.39 is 0 Å². The van der Waals surface area contributed by atoms with Crippen LogP contribution in [0.4, 0.5) is 0 Å². The van der Waals surface area contributed by atoms with E-state index in [9.17, 15) is 10.4 Å². The number of ether oxygens (including phenoxy) is 1. The number of halogens is 1. The average molecular weight is 433 g/mol. The van der Waals surface area contributed by atoms with Crippen LogP contribution in [0.3, 0.4) is 0 Å². The summed E-state index contributed by atoms with van der Waals surface area (Å²) in [6.45, 7) is 2.29. The maximum absolute atomic E-state index is 9.99. The summed E-state index contributed by atoms with van der Waals surface area (Å²) in [4.78, 5) is 5.05. The molecule has 0 saturated heterocycles. The fourth-order valence-electron chi connectivity index (χ4n) is 2.17. The van der Waals surface area contributed by atoms with Crippen LogP contribution in [-0.4, -0.2) is 16.7 Å². The Morgan fingerprint density at radius 1 is 1.44 bits per heavy atom. The lowest BCUT2D eigenvalue weighted by atomic mass is 10.2. The zero-order valence-electron chi connectivity index (χ0n) is 13.2. The van der Waals surface area contributed by atoms with Gasteiger partial charge >= 0.3 is 0 Å². The van der Waals surface area contributed by atoms with Gasteiger partial charge in [0.1, 0.15) is 6.07 Å².